The Hall–Kier alpha value is -2.98. The van der Waals surface area contributed by atoms with Crippen molar-refractivity contribution in [2.45, 2.75) is 0 Å². The Labute approximate surface area is 195 Å². The normalized spacial score (nSPS) is 10.6. The third kappa shape index (κ3) is 5.02. The first-order valence-corrected chi connectivity index (χ1v) is 10.7. The molecule has 2 aromatic heterocycles. The second kappa shape index (κ2) is 9.03. The minimum absolute atomic E-state index is 0.117. The summed E-state index contributed by atoms with van der Waals surface area (Å²) in [5, 5.41) is 9.42. The van der Waals surface area contributed by atoms with E-state index in [4.69, 9.17) is 39.8 Å². The molecule has 2 amide bonds. The summed E-state index contributed by atoms with van der Waals surface area (Å²) in [6.07, 6.45) is 1.43. The van der Waals surface area contributed by atoms with Gasteiger partial charge in [-0.1, -0.05) is 34.5 Å². The number of halogens is 2. The summed E-state index contributed by atoms with van der Waals surface area (Å²) < 4.78 is 5.89. The summed E-state index contributed by atoms with van der Waals surface area (Å²) in [5.41, 5.74) is 1.68. The zero-order chi connectivity index (χ0) is 22.0. The molecular formula is C20H12Cl2N4O3S2. The largest absolute Gasteiger partial charge is 0.459 e. The number of hydrogen-bond acceptors (Lipinski definition) is 6. The number of aromatic nitrogens is 1. The van der Waals surface area contributed by atoms with Gasteiger partial charge < -0.3 is 9.73 Å². The smallest absolute Gasteiger partial charge is 0.293 e. The van der Waals surface area contributed by atoms with Crippen molar-refractivity contribution >= 4 is 84.7 Å². The van der Waals surface area contributed by atoms with Crippen LogP contribution in [0.5, 0.6) is 0 Å². The number of anilines is 2. The number of thiazole rings is 1. The van der Waals surface area contributed by atoms with Crippen molar-refractivity contribution < 1.29 is 14.0 Å². The minimum Gasteiger partial charge on any atom is -0.459 e. The van der Waals surface area contributed by atoms with Gasteiger partial charge in [0.25, 0.3) is 11.8 Å². The predicted octanol–water partition coefficient (Wildman–Crippen LogP) is 5.58. The van der Waals surface area contributed by atoms with E-state index in [-0.39, 0.29) is 21.8 Å². The van der Waals surface area contributed by atoms with Gasteiger partial charge in [-0.05, 0) is 60.7 Å². The maximum absolute atomic E-state index is 12.3. The predicted molar refractivity (Wildman–Crippen MR) is 126 cm³/mol. The van der Waals surface area contributed by atoms with Crippen molar-refractivity contribution in [1.82, 2.24) is 10.3 Å². The lowest BCUT2D eigenvalue weighted by atomic mass is 10.2. The van der Waals surface area contributed by atoms with Crippen LogP contribution in [0, 0.1) is 0 Å². The van der Waals surface area contributed by atoms with Crippen LogP contribution in [0.4, 0.5) is 10.8 Å². The van der Waals surface area contributed by atoms with E-state index in [1.54, 1.807) is 30.3 Å². The molecule has 3 N–H and O–H groups in total. The molecule has 2 heterocycles. The molecule has 4 aromatic rings. The number of benzene rings is 2. The van der Waals surface area contributed by atoms with Gasteiger partial charge in [-0.2, -0.15) is 0 Å². The maximum Gasteiger partial charge on any atom is 0.293 e. The number of amides is 2. The number of nitrogens with one attached hydrogen (secondary N) is 3. The molecule has 0 bridgehead atoms. The van der Waals surface area contributed by atoms with E-state index in [0.717, 1.165) is 4.70 Å². The van der Waals surface area contributed by atoms with E-state index >= 15 is 0 Å². The highest BCUT2D eigenvalue weighted by atomic mass is 35.5. The second-order valence-corrected chi connectivity index (χ2v) is 8.42. The Balaban J connectivity index is 1.42. The summed E-state index contributed by atoms with van der Waals surface area (Å²) in [5.74, 6) is -0.601. The van der Waals surface area contributed by atoms with Crippen LogP contribution in [0.15, 0.2) is 59.2 Å². The molecule has 0 unspecified atom stereocenters. The molecule has 4 rings (SSSR count). The number of nitrogens with zero attached hydrogens (tertiary/aromatic N) is 1. The van der Waals surface area contributed by atoms with Crippen molar-refractivity contribution in [2.24, 2.45) is 0 Å². The fourth-order valence-corrected chi connectivity index (χ4v) is 4.01. The standard InChI is InChI=1S/C20H12Cl2N4O3S2/c21-12-5-3-10(8-13(12)22)17(27)25-19(30)23-11-4-6-14-16(9-11)31-20(24-14)26-18(28)15-2-1-7-29-15/h1-9H,(H,24,26,28)(H2,23,25,27,30). The number of carbonyl (C=O) groups is 2. The first kappa shape index (κ1) is 21.3. The Morgan fingerprint density at radius 3 is 2.58 bits per heavy atom. The number of carbonyl (C=O) groups excluding carboxylic acids is 2. The molecule has 0 aliphatic heterocycles. The number of rotatable bonds is 4. The van der Waals surface area contributed by atoms with Gasteiger partial charge in [-0.15, -0.1) is 0 Å². The number of hydrogen-bond donors (Lipinski definition) is 3. The highest BCUT2D eigenvalue weighted by molar-refractivity contribution is 7.80. The number of fused-ring (bicyclic) bond motifs is 1. The quantitative estimate of drug-likeness (QED) is 0.323. The van der Waals surface area contributed by atoms with Crippen LogP contribution in [0.2, 0.25) is 10.0 Å². The van der Waals surface area contributed by atoms with Gasteiger partial charge in [0, 0.05) is 11.3 Å². The summed E-state index contributed by atoms with van der Waals surface area (Å²) in [6, 6.07) is 13.1. The molecule has 2 aromatic carbocycles. The fraction of sp³-hybridized carbons (Fsp3) is 0. The van der Waals surface area contributed by atoms with E-state index in [1.165, 1.54) is 29.7 Å². The summed E-state index contributed by atoms with van der Waals surface area (Å²) in [7, 11) is 0. The monoisotopic (exact) mass is 490 g/mol. The highest BCUT2D eigenvalue weighted by Crippen LogP contribution is 2.29. The molecule has 0 spiro atoms. The maximum atomic E-state index is 12.3. The fourth-order valence-electron chi connectivity index (χ4n) is 2.60. The van der Waals surface area contributed by atoms with Crippen molar-refractivity contribution in [3.63, 3.8) is 0 Å². The molecule has 0 aliphatic carbocycles. The van der Waals surface area contributed by atoms with Crippen LogP contribution in [-0.2, 0) is 0 Å². The van der Waals surface area contributed by atoms with Gasteiger partial charge in [0.2, 0.25) is 0 Å². The van der Waals surface area contributed by atoms with E-state index < -0.39 is 5.91 Å². The van der Waals surface area contributed by atoms with Crippen LogP contribution in [-0.4, -0.2) is 21.9 Å². The number of thiocarbonyl (C=S) groups is 1. The zero-order valence-corrected chi connectivity index (χ0v) is 18.6. The van der Waals surface area contributed by atoms with E-state index in [2.05, 4.69) is 20.9 Å². The van der Waals surface area contributed by atoms with E-state index in [0.29, 0.717) is 26.9 Å². The first-order chi connectivity index (χ1) is 14.9. The molecule has 11 heteroatoms. The van der Waals surface area contributed by atoms with Crippen LogP contribution >= 0.6 is 46.8 Å². The highest BCUT2D eigenvalue weighted by Gasteiger charge is 2.13. The lowest BCUT2D eigenvalue weighted by molar-refractivity contribution is 0.0975. The molecule has 0 aliphatic rings. The SMILES string of the molecule is O=C(NC(=S)Nc1ccc2nc(NC(=O)c3ccco3)sc2c1)c1ccc(Cl)c(Cl)c1. The number of furan rings is 1. The van der Waals surface area contributed by atoms with Gasteiger partial charge in [-0.25, -0.2) is 4.98 Å². The van der Waals surface area contributed by atoms with Crippen molar-refractivity contribution in [2.75, 3.05) is 10.6 Å². The second-order valence-electron chi connectivity index (χ2n) is 6.17. The molecule has 156 valence electrons. The average molecular weight is 491 g/mol. The Kier molecular flexibility index (Phi) is 6.19. The third-order valence-electron chi connectivity index (χ3n) is 4.02. The molecule has 31 heavy (non-hydrogen) atoms. The molecule has 7 nitrogen and oxygen atoms in total. The molecular weight excluding hydrogens is 479 g/mol. The van der Waals surface area contributed by atoms with E-state index in [9.17, 15) is 9.59 Å². The molecule has 0 saturated carbocycles. The van der Waals surface area contributed by atoms with Gasteiger partial charge in [0.05, 0.1) is 26.5 Å². The van der Waals surface area contributed by atoms with Gasteiger partial charge >= 0.3 is 0 Å². The zero-order valence-electron chi connectivity index (χ0n) is 15.4. The Morgan fingerprint density at radius 1 is 1.00 bits per heavy atom. The first-order valence-electron chi connectivity index (χ1n) is 8.72. The Bertz CT molecular complexity index is 1310. The lowest BCUT2D eigenvalue weighted by Gasteiger charge is -2.10. The van der Waals surface area contributed by atoms with Crippen molar-refractivity contribution in [3.05, 3.63) is 76.2 Å². The molecule has 0 fully saturated rings. The summed E-state index contributed by atoms with van der Waals surface area (Å²) in [4.78, 5) is 28.8. The molecule has 0 atom stereocenters. The Morgan fingerprint density at radius 2 is 1.84 bits per heavy atom. The average Bonchev–Trinajstić information content (AvgIpc) is 3.39. The summed E-state index contributed by atoms with van der Waals surface area (Å²) in [6.45, 7) is 0. The van der Waals surface area contributed by atoms with Crippen LogP contribution < -0.4 is 16.0 Å². The van der Waals surface area contributed by atoms with Crippen molar-refractivity contribution in [1.29, 1.82) is 0 Å². The van der Waals surface area contributed by atoms with Gasteiger partial charge in [0.1, 0.15) is 0 Å². The van der Waals surface area contributed by atoms with Crippen LogP contribution in [0.1, 0.15) is 20.9 Å². The lowest BCUT2D eigenvalue weighted by Crippen LogP contribution is -2.34. The van der Waals surface area contributed by atoms with Gasteiger partial charge in [0.15, 0.2) is 16.0 Å². The molecule has 0 saturated heterocycles. The minimum atomic E-state index is -0.419. The molecule has 0 radical (unpaired) electrons. The van der Waals surface area contributed by atoms with Crippen LogP contribution in [0.25, 0.3) is 10.2 Å². The topological polar surface area (TPSA) is 96.3 Å². The van der Waals surface area contributed by atoms with E-state index in [1.807, 2.05) is 6.07 Å². The van der Waals surface area contributed by atoms with Crippen molar-refractivity contribution in [3.8, 4) is 0 Å². The van der Waals surface area contributed by atoms with Crippen LogP contribution in [0.3, 0.4) is 0 Å². The third-order valence-corrected chi connectivity index (χ3v) is 5.90. The van der Waals surface area contributed by atoms with Gasteiger partial charge in [-0.3, -0.25) is 20.2 Å². The summed E-state index contributed by atoms with van der Waals surface area (Å²) >= 11 is 18.3.